The molecule has 1 atom stereocenters. The average Bonchev–Trinajstić information content (AvgIpc) is 2.54. The minimum absolute atomic E-state index is 0.220. The van der Waals surface area contributed by atoms with Crippen molar-refractivity contribution in [3.8, 4) is 0 Å². The van der Waals surface area contributed by atoms with Crippen LogP contribution in [0.2, 0.25) is 5.02 Å². The summed E-state index contributed by atoms with van der Waals surface area (Å²) in [5.41, 5.74) is 1.05. The molecule has 2 aromatic rings. The Hall–Kier alpha value is -2.12. The minimum Gasteiger partial charge on any atom is -0.350 e. The number of carbonyl (C=O) groups is 1. The van der Waals surface area contributed by atoms with E-state index in [1.54, 1.807) is 24.3 Å². The predicted octanol–water partition coefficient (Wildman–Crippen LogP) is 2.95. The van der Waals surface area contributed by atoms with E-state index in [2.05, 4.69) is 5.32 Å². The van der Waals surface area contributed by atoms with Crippen LogP contribution in [0.4, 0.5) is 10.1 Å². The first-order valence-electron chi connectivity index (χ1n) is 7.45. The van der Waals surface area contributed by atoms with Gasteiger partial charge in [0, 0.05) is 11.6 Å². The molecule has 0 bridgehead atoms. The molecule has 1 N–H and O–H groups in total. The fourth-order valence-electron chi connectivity index (χ4n) is 2.34. The first kappa shape index (κ1) is 19.2. The average molecular weight is 385 g/mol. The van der Waals surface area contributed by atoms with Crippen LogP contribution in [0.1, 0.15) is 12.5 Å². The number of hydrogen-bond donors (Lipinski definition) is 1. The molecular weight excluding hydrogens is 367 g/mol. The normalized spacial score (nSPS) is 12.5. The molecule has 8 heteroatoms. The zero-order valence-electron chi connectivity index (χ0n) is 13.7. The van der Waals surface area contributed by atoms with E-state index in [1.165, 1.54) is 19.1 Å². The Kier molecular flexibility index (Phi) is 6.02. The molecule has 0 saturated heterocycles. The lowest BCUT2D eigenvalue weighted by Gasteiger charge is -2.28. The van der Waals surface area contributed by atoms with Crippen LogP contribution in [-0.4, -0.2) is 26.6 Å². The summed E-state index contributed by atoms with van der Waals surface area (Å²) < 4.78 is 38.3. The van der Waals surface area contributed by atoms with Crippen molar-refractivity contribution in [2.75, 3.05) is 10.6 Å². The fourth-order valence-corrected chi connectivity index (χ4v) is 3.64. The topological polar surface area (TPSA) is 66.5 Å². The number of anilines is 1. The lowest BCUT2D eigenvalue weighted by atomic mass is 10.2. The highest BCUT2D eigenvalue weighted by Gasteiger charge is 2.28. The molecule has 134 valence electrons. The lowest BCUT2D eigenvalue weighted by Crippen LogP contribution is -2.47. The number of nitrogens with zero attached hydrogens (tertiary/aromatic N) is 1. The second-order valence-electron chi connectivity index (χ2n) is 5.56. The summed E-state index contributed by atoms with van der Waals surface area (Å²) in [6, 6.07) is 10.9. The highest BCUT2D eigenvalue weighted by Crippen LogP contribution is 2.21. The number of amides is 1. The van der Waals surface area contributed by atoms with Gasteiger partial charge in [-0.25, -0.2) is 12.8 Å². The van der Waals surface area contributed by atoms with Gasteiger partial charge in [-0.1, -0.05) is 23.7 Å². The van der Waals surface area contributed by atoms with Crippen LogP contribution in [0, 0.1) is 5.82 Å². The molecule has 5 nitrogen and oxygen atoms in total. The molecule has 0 heterocycles. The van der Waals surface area contributed by atoms with Gasteiger partial charge in [-0.05, 0) is 48.9 Å². The van der Waals surface area contributed by atoms with Crippen molar-refractivity contribution < 1.29 is 17.6 Å². The third-order valence-corrected chi connectivity index (χ3v) is 5.04. The predicted molar refractivity (Wildman–Crippen MR) is 96.5 cm³/mol. The third kappa shape index (κ3) is 5.17. The quantitative estimate of drug-likeness (QED) is 0.832. The van der Waals surface area contributed by atoms with Crippen molar-refractivity contribution in [3.63, 3.8) is 0 Å². The van der Waals surface area contributed by atoms with Gasteiger partial charge in [0.05, 0.1) is 11.9 Å². The molecule has 0 aliphatic rings. The third-order valence-electron chi connectivity index (χ3n) is 3.55. The van der Waals surface area contributed by atoms with Crippen LogP contribution in [0.5, 0.6) is 0 Å². The summed E-state index contributed by atoms with van der Waals surface area (Å²) in [7, 11) is -3.73. The fraction of sp³-hybridized carbons (Fsp3) is 0.235. The standard InChI is InChI=1S/C17H18ClFN2O3S/c1-12(17(22)20-11-13-3-5-14(18)6-4-13)21(25(2,23)24)16-9-7-15(19)8-10-16/h3-10,12H,11H2,1-2H3,(H,20,22)/t12-/m0/s1. The van der Waals surface area contributed by atoms with Gasteiger partial charge in [0.1, 0.15) is 11.9 Å². The Morgan fingerprint density at radius 2 is 1.72 bits per heavy atom. The van der Waals surface area contributed by atoms with Crippen molar-refractivity contribution >= 4 is 33.2 Å². The van der Waals surface area contributed by atoms with E-state index < -0.39 is 27.8 Å². The monoisotopic (exact) mass is 384 g/mol. The van der Waals surface area contributed by atoms with Crippen molar-refractivity contribution in [1.29, 1.82) is 0 Å². The summed E-state index contributed by atoms with van der Waals surface area (Å²) >= 11 is 5.81. The van der Waals surface area contributed by atoms with Gasteiger partial charge in [-0.3, -0.25) is 9.10 Å². The number of rotatable bonds is 6. The first-order valence-corrected chi connectivity index (χ1v) is 9.68. The summed E-state index contributed by atoms with van der Waals surface area (Å²) in [5.74, 6) is -0.957. The van der Waals surface area contributed by atoms with Gasteiger partial charge in [0.25, 0.3) is 0 Å². The van der Waals surface area contributed by atoms with Crippen LogP contribution in [0.3, 0.4) is 0 Å². The maximum absolute atomic E-state index is 13.1. The van der Waals surface area contributed by atoms with E-state index in [0.29, 0.717) is 5.02 Å². The van der Waals surface area contributed by atoms with Crippen LogP contribution in [-0.2, 0) is 21.4 Å². The minimum atomic E-state index is -3.73. The van der Waals surface area contributed by atoms with Crippen molar-refractivity contribution in [2.45, 2.75) is 19.5 Å². The number of halogens is 2. The number of benzene rings is 2. The first-order chi connectivity index (χ1) is 11.7. The van der Waals surface area contributed by atoms with E-state index in [9.17, 15) is 17.6 Å². The van der Waals surface area contributed by atoms with Gasteiger partial charge >= 0.3 is 0 Å². The van der Waals surface area contributed by atoms with E-state index in [1.807, 2.05) is 0 Å². The van der Waals surface area contributed by atoms with Gasteiger partial charge in [-0.2, -0.15) is 0 Å². The zero-order chi connectivity index (χ0) is 18.6. The molecule has 2 aromatic carbocycles. The Labute approximate surface area is 151 Å². The Morgan fingerprint density at radius 1 is 1.16 bits per heavy atom. The molecule has 0 unspecified atom stereocenters. The molecule has 0 saturated carbocycles. The molecule has 0 aliphatic heterocycles. The van der Waals surface area contributed by atoms with Crippen molar-refractivity contribution in [2.24, 2.45) is 0 Å². The summed E-state index contributed by atoms with van der Waals surface area (Å²) in [6.07, 6.45) is 0.999. The van der Waals surface area contributed by atoms with Crippen LogP contribution in [0.25, 0.3) is 0 Å². The van der Waals surface area contributed by atoms with Gasteiger partial charge in [0.15, 0.2) is 0 Å². The lowest BCUT2D eigenvalue weighted by molar-refractivity contribution is -0.122. The number of hydrogen-bond acceptors (Lipinski definition) is 3. The molecule has 0 aromatic heterocycles. The molecular formula is C17H18ClFN2O3S. The summed E-state index contributed by atoms with van der Waals surface area (Å²) in [6.45, 7) is 1.71. The van der Waals surface area contributed by atoms with Crippen LogP contribution < -0.4 is 9.62 Å². The van der Waals surface area contributed by atoms with E-state index in [-0.39, 0.29) is 12.2 Å². The highest BCUT2D eigenvalue weighted by molar-refractivity contribution is 7.92. The molecule has 25 heavy (non-hydrogen) atoms. The van der Waals surface area contributed by atoms with E-state index in [0.717, 1.165) is 28.3 Å². The Bertz CT molecular complexity index is 839. The maximum Gasteiger partial charge on any atom is 0.243 e. The van der Waals surface area contributed by atoms with Gasteiger partial charge < -0.3 is 5.32 Å². The SMILES string of the molecule is C[C@@H](C(=O)NCc1ccc(Cl)cc1)N(c1ccc(F)cc1)S(C)(=O)=O. The van der Waals surface area contributed by atoms with Crippen molar-refractivity contribution in [3.05, 3.63) is 64.9 Å². The number of carbonyl (C=O) groups excluding carboxylic acids is 1. The molecule has 0 radical (unpaired) electrons. The van der Waals surface area contributed by atoms with E-state index >= 15 is 0 Å². The van der Waals surface area contributed by atoms with E-state index in [4.69, 9.17) is 11.6 Å². The second-order valence-corrected chi connectivity index (χ2v) is 7.85. The molecule has 2 rings (SSSR count). The second kappa shape index (κ2) is 7.84. The Morgan fingerprint density at radius 3 is 2.24 bits per heavy atom. The molecule has 0 aliphatic carbocycles. The smallest absolute Gasteiger partial charge is 0.243 e. The summed E-state index contributed by atoms with van der Waals surface area (Å²) in [4.78, 5) is 12.4. The largest absolute Gasteiger partial charge is 0.350 e. The molecule has 0 spiro atoms. The number of nitrogens with one attached hydrogen (secondary N) is 1. The maximum atomic E-state index is 13.1. The van der Waals surface area contributed by atoms with Crippen LogP contribution in [0.15, 0.2) is 48.5 Å². The Balaban J connectivity index is 2.15. The summed E-state index contributed by atoms with van der Waals surface area (Å²) in [5, 5.41) is 3.28. The number of sulfonamides is 1. The molecule has 1 amide bonds. The zero-order valence-corrected chi connectivity index (χ0v) is 15.3. The molecule has 0 fully saturated rings. The van der Waals surface area contributed by atoms with Gasteiger partial charge in [0.2, 0.25) is 15.9 Å². The van der Waals surface area contributed by atoms with Crippen molar-refractivity contribution in [1.82, 2.24) is 5.32 Å². The van der Waals surface area contributed by atoms with Crippen LogP contribution >= 0.6 is 11.6 Å². The highest BCUT2D eigenvalue weighted by atomic mass is 35.5. The van der Waals surface area contributed by atoms with Gasteiger partial charge in [-0.15, -0.1) is 0 Å².